The van der Waals surface area contributed by atoms with Crippen LogP contribution in [0.2, 0.25) is 5.02 Å². The lowest BCUT2D eigenvalue weighted by molar-refractivity contribution is 0.0524. The van der Waals surface area contributed by atoms with Crippen LogP contribution in [0.3, 0.4) is 0 Å². The number of anilines is 1. The quantitative estimate of drug-likeness (QED) is 0.623. The molecule has 2 aromatic heterocycles. The number of aromatic nitrogens is 3. The number of hydrogen-bond donors (Lipinski definition) is 1. The average Bonchev–Trinajstić information content (AvgIpc) is 3.23. The van der Waals surface area contributed by atoms with E-state index in [1.807, 2.05) is 4.90 Å². The van der Waals surface area contributed by atoms with Crippen molar-refractivity contribution in [1.82, 2.24) is 14.5 Å². The van der Waals surface area contributed by atoms with Crippen LogP contribution in [-0.4, -0.2) is 51.4 Å². The number of aliphatic hydroxyl groups is 1. The van der Waals surface area contributed by atoms with Gasteiger partial charge in [-0.15, -0.1) is 0 Å². The molecule has 3 heterocycles. The zero-order chi connectivity index (χ0) is 21.3. The number of fused-ring (bicyclic) bond motifs is 1. The third kappa shape index (κ3) is 3.53. The molecule has 1 unspecified atom stereocenters. The number of halogens is 1. The van der Waals surface area contributed by atoms with Crippen molar-refractivity contribution < 1.29 is 14.6 Å². The number of nitrogens with zero attached hydrogens (tertiary/aromatic N) is 4. The van der Waals surface area contributed by atoms with Crippen molar-refractivity contribution in [1.29, 1.82) is 0 Å². The van der Waals surface area contributed by atoms with E-state index in [4.69, 9.17) is 16.3 Å². The van der Waals surface area contributed by atoms with Gasteiger partial charge in [0.15, 0.2) is 5.82 Å². The first-order chi connectivity index (χ1) is 14.5. The van der Waals surface area contributed by atoms with Gasteiger partial charge in [0.2, 0.25) is 5.43 Å². The molecule has 1 aliphatic heterocycles. The number of rotatable bonds is 5. The molecule has 0 radical (unpaired) electrons. The fourth-order valence-corrected chi connectivity index (χ4v) is 4.13. The molecular formula is C21H21ClN4O4. The normalized spacial score (nSPS) is 16.2. The minimum Gasteiger partial charge on any atom is -0.462 e. The molecule has 1 fully saturated rings. The minimum absolute atomic E-state index is 0.0210. The molecule has 1 N–H and O–H groups in total. The topological polar surface area (TPSA) is 97.6 Å². The zero-order valence-corrected chi connectivity index (χ0v) is 17.2. The van der Waals surface area contributed by atoms with Crippen LogP contribution < -0.4 is 10.3 Å². The van der Waals surface area contributed by atoms with Gasteiger partial charge in [0.05, 0.1) is 41.7 Å². The standard InChI is InChI=1S/C21H21ClN4O4/c1-2-30-21(29)15-11-26(19-10-23-5-6-24-19)17-9-18(16(22)8-14(17)20(15)28)25-7-3-4-13(25)12-27/h5-6,8-11,13,27H,2-4,7,12H2,1H3. The van der Waals surface area contributed by atoms with Crippen molar-refractivity contribution >= 4 is 34.2 Å². The van der Waals surface area contributed by atoms with E-state index in [0.29, 0.717) is 16.4 Å². The fraction of sp³-hybridized carbons (Fsp3) is 0.333. The lowest BCUT2D eigenvalue weighted by atomic mass is 10.1. The Balaban J connectivity index is 2.00. The number of carbonyl (C=O) groups is 1. The van der Waals surface area contributed by atoms with Crippen molar-refractivity contribution in [3.8, 4) is 5.82 Å². The highest BCUT2D eigenvalue weighted by Gasteiger charge is 2.27. The second kappa shape index (κ2) is 8.41. The number of benzene rings is 1. The van der Waals surface area contributed by atoms with Gasteiger partial charge in [-0.1, -0.05) is 11.6 Å². The largest absolute Gasteiger partial charge is 0.462 e. The Kier molecular flexibility index (Phi) is 5.69. The lowest BCUT2D eigenvalue weighted by Crippen LogP contribution is -2.32. The third-order valence-electron chi connectivity index (χ3n) is 5.26. The monoisotopic (exact) mass is 428 g/mol. The average molecular weight is 429 g/mol. The van der Waals surface area contributed by atoms with Crippen LogP contribution in [0.5, 0.6) is 0 Å². The van der Waals surface area contributed by atoms with Crippen LogP contribution in [0.15, 0.2) is 41.7 Å². The van der Waals surface area contributed by atoms with Gasteiger partial charge in [-0.2, -0.15) is 0 Å². The highest BCUT2D eigenvalue weighted by molar-refractivity contribution is 6.34. The molecule has 1 atom stereocenters. The number of aliphatic hydroxyl groups excluding tert-OH is 1. The predicted octanol–water partition coefficient (Wildman–Crippen LogP) is 2.57. The highest BCUT2D eigenvalue weighted by atomic mass is 35.5. The van der Waals surface area contributed by atoms with E-state index in [9.17, 15) is 14.7 Å². The molecule has 1 aromatic carbocycles. The molecule has 1 saturated heterocycles. The molecule has 0 aliphatic carbocycles. The lowest BCUT2D eigenvalue weighted by Gasteiger charge is -2.27. The van der Waals surface area contributed by atoms with Crippen LogP contribution in [0.1, 0.15) is 30.1 Å². The molecule has 0 saturated carbocycles. The van der Waals surface area contributed by atoms with Crippen LogP contribution >= 0.6 is 11.6 Å². The van der Waals surface area contributed by atoms with Crippen molar-refractivity contribution in [3.05, 3.63) is 57.7 Å². The maximum atomic E-state index is 13.1. The highest BCUT2D eigenvalue weighted by Crippen LogP contribution is 2.35. The molecule has 3 aromatic rings. The Hall–Kier alpha value is -2.97. The first kappa shape index (κ1) is 20.3. The Bertz CT molecular complexity index is 1150. The molecule has 1 aliphatic rings. The van der Waals surface area contributed by atoms with Crippen LogP contribution in [0.4, 0.5) is 5.69 Å². The van der Waals surface area contributed by atoms with Gasteiger partial charge in [-0.25, -0.2) is 9.78 Å². The second-order valence-electron chi connectivity index (χ2n) is 7.02. The van der Waals surface area contributed by atoms with Crippen LogP contribution in [0, 0.1) is 0 Å². The summed E-state index contributed by atoms with van der Waals surface area (Å²) in [4.78, 5) is 35.9. The summed E-state index contributed by atoms with van der Waals surface area (Å²) in [7, 11) is 0. The summed E-state index contributed by atoms with van der Waals surface area (Å²) in [6, 6.07) is 3.34. The zero-order valence-electron chi connectivity index (χ0n) is 16.4. The SMILES string of the molecule is CCOC(=O)c1cn(-c2cnccn2)c2cc(N3CCCC3CO)c(Cl)cc2c1=O. The summed E-state index contributed by atoms with van der Waals surface area (Å²) in [6.07, 6.45) is 7.85. The molecule has 8 nitrogen and oxygen atoms in total. The number of hydrogen-bond acceptors (Lipinski definition) is 7. The Labute approximate surface area is 177 Å². The summed E-state index contributed by atoms with van der Waals surface area (Å²) in [5, 5.41) is 10.4. The summed E-state index contributed by atoms with van der Waals surface area (Å²) in [5.74, 6) is -0.261. The first-order valence-corrected chi connectivity index (χ1v) is 10.1. The summed E-state index contributed by atoms with van der Waals surface area (Å²) in [5.41, 5.74) is 0.698. The van der Waals surface area contributed by atoms with Crippen molar-refractivity contribution in [2.75, 3.05) is 24.7 Å². The Morgan fingerprint density at radius 3 is 2.90 bits per heavy atom. The predicted molar refractivity (Wildman–Crippen MR) is 114 cm³/mol. The number of pyridine rings is 1. The molecule has 156 valence electrons. The van der Waals surface area contributed by atoms with Crippen molar-refractivity contribution in [3.63, 3.8) is 0 Å². The van der Waals surface area contributed by atoms with Gasteiger partial charge in [0, 0.05) is 30.5 Å². The van der Waals surface area contributed by atoms with E-state index < -0.39 is 11.4 Å². The van der Waals surface area contributed by atoms with Crippen LogP contribution in [0.25, 0.3) is 16.7 Å². The number of esters is 1. The van der Waals surface area contributed by atoms with Crippen molar-refractivity contribution in [2.24, 2.45) is 0 Å². The van der Waals surface area contributed by atoms with Gasteiger partial charge in [-0.05, 0) is 31.9 Å². The molecule has 9 heteroatoms. The van der Waals surface area contributed by atoms with E-state index in [0.717, 1.165) is 25.1 Å². The van der Waals surface area contributed by atoms with E-state index in [1.165, 1.54) is 12.4 Å². The number of ether oxygens (including phenoxy) is 1. The smallest absolute Gasteiger partial charge is 0.343 e. The minimum atomic E-state index is -0.706. The molecule has 0 bridgehead atoms. The van der Waals surface area contributed by atoms with E-state index >= 15 is 0 Å². The fourth-order valence-electron chi connectivity index (χ4n) is 3.86. The van der Waals surface area contributed by atoms with Gasteiger partial charge in [-0.3, -0.25) is 14.3 Å². The van der Waals surface area contributed by atoms with Gasteiger partial charge < -0.3 is 14.7 Å². The number of carbonyl (C=O) groups excluding carboxylic acids is 1. The molecule has 0 amide bonds. The maximum absolute atomic E-state index is 13.1. The van der Waals surface area contributed by atoms with E-state index in [1.54, 1.807) is 36.0 Å². The van der Waals surface area contributed by atoms with E-state index in [2.05, 4.69) is 9.97 Å². The van der Waals surface area contributed by atoms with Gasteiger partial charge in [0.1, 0.15) is 5.56 Å². The van der Waals surface area contributed by atoms with Gasteiger partial charge in [0.25, 0.3) is 0 Å². The first-order valence-electron chi connectivity index (χ1n) is 9.75. The Morgan fingerprint density at radius 1 is 1.37 bits per heavy atom. The van der Waals surface area contributed by atoms with Crippen molar-refractivity contribution in [2.45, 2.75) is 25.8 Å². The van der Waals surface area contributed by atoms with E-state index in [-0.39, 0.29) is 30.2 Å². The molecule has 4 rings (SSSR count). The molecule has 30 heavy (non-hydrogen) atoms. The van der Waals surface area contributed by atoms with Gasteiger partial charge >= 0.3 is 5.97 Å². The molecular weight excluding hydrogens is 408 g/mol. The summed E-state index contributed by atoms with van der Waals surface area (Å²) >= 11 is 6.55. The summed E-state index contributed by atoms with van der Waals surface area (Å²) < 4.78 is 6.69. The Morgan fingerprint density at radius 2 is 2.20 bits per heavy atom. The maximum Gasteiger partial charge on any atom is 0.343 e. The third-order valence-corrected chi connectivity index (χ3v) is 5.56. The molecule has 0 spiro atoms. The summed E-state index contributed by atoms with van der Waals surface area (Å²) in [6.45, 7) is 2.61. The second-order valence-corrected chi connectivity index (χ2v) is 7.43. The van der Waals surface area contributed by atoms with Crippen LogP contribution in [-0.2, 0) is 4.74 Å².